The molecule has 1 saturated heterocycles. The van der Waals surface area contributed by atoms with Crippen molar-refractivity contribution >= 4 is 29.1 Å². The van der Waals surface area contributed by atoms with E-state index in [0.717, 1.165) is 29.9 Å². The van der Waals surface area contributed by atoms with Crippen molar-refractivity contribution in [2.45, 2.75) is 53.5 Å². The first-order valence-corrected chi connectivity index (χ1v) is 14.2. The van der Waals surface area contributed by atoms with Crippen molar-refractivity contribution in [2.24, 2.45) is 10.5 Å². The topological polar surface area (TPSA) is 65.5 Å². The molecule has 1 fully saturated rings. The summed E-state index contributed by atoms with van der Waals surface area (Å²) in [6, 6.07) is 13.5. The fraction of sp³-hybridized carbons (Fsp3) is 0.516. The number of hydrogen-bond acceptors (Lipinski definition) is 5. The van der Waals surface area contributed by atoms with Crippen molar-refractivity contribution in [3.05, 3.63) is 69.7 Å². The number of hydrazone groups is 1. The normalized spacial score (nSPS) is 18.3. The molecule has 4 rings (SSSR count). The molecule has 2 aliphatic rings. The Morgan fingerprint density at radius 3 is 2.46 bits per heavy atom. The highest BCUT2D eigenvalue weighted by Crippen LogP contribution is 2.36. The maximum absolute atomic E-state index is 13.9. The van der Waals surface area contributed by atoms with Gasteiger partial charge in [-0.3, -0.25) is 14.5 Å². The molecule has 2 aromatic carbocycles. The van der Waals surface area contributed by atoms with E-state index >= 15 is 0 Å². The van der Waals surface area contributed by atoms with Crippen LogP contribution in [0.3, 0.4) is 0 Å². The van der Waals surface area contributed by atoms with Crippen LogP contribution in [-0.4, -0.2) is 78.3 Å². The van der Waals surface area contributed by atoms with E-state index in [9.17, 15) is 9.59 Å². The Kier molecular flexibility index (Phi) is 9.47. The van der Waals surface area contributed by atoms with Gasteiger partial charge < -0.3 is 9.64 Å². The number of halogens is 1. The number of nitrogens with zero attached hydrogens (tertiary/aromatic N) is 4. The Morgan fingerprint density at radius 1 is 1.08 bits per heavy atom. The fourth-order valence-corrected chi connectivity index (χ4v) is 5.27. The van der Waals surface area contributed by atoms with Crippen LogP contribution in [0.5, 0.6) is 0 Å². The van der Waals surface area contributed by atoms with E-state index in [1.54, 1.807) is 9.91 Å². The van der Waals surface area contributed by atoms with Crippen LogP contribution < -0.4 is 0 Å². The zero-order valence-electron chi connectivity index (χ0n) is 23.9. The van der Waals surface area contributed by atoms with E-state index in [1.807, 2.05) is 45.0 Å². The molecule has 0 spiro atoms. The fourth-order valence-electron chi connectivity index (χ4n) is 5.00. The van der Waals surface area contributed by atoms with Crippen LogP contribution in [0.1, 0.15) is 61.9 Å². The van der Waals surface area contributed by atoms with Crippen molar-refractivity contribution in [3.8, 4) is 0 Å². The SMILES string of the molecule is Cc1ccc(C2=NN(C(=O)CN(CCN3CCOCC3)C(=O)CC(C)(C)C)C(c3ccccc3Cl)C2)cc1C. The van der Waals surface area contributed by atoms with Crippen molar-refractivity contribution < 1.29 is 14.3 Å². The molecule has 0 N–H and O–H groups in total. The molecule has 8 heteroatoms. The number of benzene rings is 2. The molecule has 0 radical (unpaired) electrons. The number of amides is 2. The maximum Gasteiger partial charge on any atom is 0.262 e. The van der Waals surface area contributed by atoms with Gasteiger partial charge in [-0.05, 0) is 53.6 Å². The lowest BCUT2D eigenvalue weighted by molar-refractivity contribution is -0.142. The van der Waals surface area contributed by atoms with Gasteiger partial charge in [0, 0.05) is 44.0 Å². The second-order valence-electron chi connectivity index (χ2n) is 11.8. The van der Waals surface area contributed by atoms with Gasteiger partial charge in [0.05, 0.1) is 25.0 Å². The predicted octanol–water partition coefficient (Wildman–Crippen LogP) is 5.23. The monoisotopic (exact) mass is 552 g/mol. The minimum absolute atomic E-state index is 0.0176. The minimum Gasteiger partial charge on any atom is -0.379 e. The quantitative estimate of drug-likeness (QED) is 0.450. The summed E-state index contributed by atoms with van der Waals surface area (Å²) in [4.78, 5) is 31.3. The van der Waals surface area contributed by atoms with Gasteiger partial charge in [0.15, 0.2) is 0 Å². The summed E-state index contributed by atoms with van der Waals surface area (Å²) in [6.45, 7) is 14.5. The van der Waals surface area contributed by atoms with Crippen molar-refractivity contribution in [3.63, 3.8) is 0 Å². The summed E-state index contributed by atoms with van der Waals surface area (Å²) >= 11 is 6.61. The van der Waals surface area contributed by atoms with E-state index in [-0.39, 0.29) is 29.8 Å². The Hall–Kier alpha value is -2.74. The van der Waals surface area contributed by atoms with Gasteiger partial charge in [-0.1, -0.05) is 62.7 Å². The van der Waals surface area contributed by atoms with Gasteiger partial charge in [0.2, 0.25) is 5.91 Å². The molecule has 0 aliphatic carbocycles. The van der Waals surface area contributed by atoms with Crippen LogP contribution in [-0.2, 0) is 14.3 Å². The molecule has 1 unspecified atom stereocenters. The summed E-state index contributed by atoms with van der Waals surface area (Å²) in [5.41, 5.74) is 4.91. The van der Waals surface area contributed by atoms with Crippen LogP contribution in [0, 0.1) is 19.3 Å². The molecule has 0 saturated carbocycles. The third-order valence-electron chi connectivity index (χ3n) is 7.42. The van der Waals surface area contributed by atoms with Crippen LogP contribution >= 0.6 is 11.6 Å². The molecule has 0 aromatic heterocycles. The lowest BCUT2D eigenvalue weighted by Crippen LogP contribution is -2.47. The number of aryl methyl sites for hydroxylation is 2. The number of rotatable bonds is 8. The van der Waals surface area contributed by atoms with E-state index in [0.29, 0.717) is 44.2 Å². The average Bonchev–Trinajstić information content (AvgIpc) is 3.33. The lowest BCUT2D eigenvalue weighted by atomic mass is 9.91. The molecule has 39 heavy (non-hydrogen) atoms. The first kappa shape index (κ1) is 29.2. The third-order valence-corrected chi connectivity index (χ3v) is 7.76. The summed E-state index contributed by atoms with van der Waals surface area (Å²) in [6.07, 6.45) is 0.927. The highest BCUT2D eigenvalue weighted by molar-refractivity contribution is 6.31. The second kappa shape index (κ2) is 12.6. The molecular weight excluding hydrogens is 512 g/mol. The predicted molar refractivity (Wildman–Crippen MR) is 156 cm³/mol. The van der Waals surface area contributed by atoms with Crippen LogP contribution in [0.15, 0.2) is 47.6 Å². The molecule has 210 valence electrons. The molecule has 2 aliphatic heterocycles. The molecule has 2 amide bonds. The van der Waals surface area contributed by atoms with E-state index in [2.05, 4.69) is 36.9 Å². The highest BCUT2D eigenvalue weighted by atomic mass is 35.5. The third kappa shape index (κ3) is 7.68. The number of morpholine rings is 1. The molecule has 0 bridgehead atoms. The Morgan fingerprint density at radius 2 is 1.79 bits per heavy atom. The maximum atomic E-state index is 13.9. The first-order valence-electron chi connectivity index (χ1n) is 13.8. The Balaban J connectivity index is 1.60. The zero-order valence-corrected chi connectivity index (χ0v) is 24.6. The van der Waals surface area contributed by atoms with Crippen molar-refractivity contribution in [2.75, 3.05) is 45.9 Å². The van der Waals surface area contributed by atoms with Gasteiger partial charge in [-0.25, -0.2) is 5.01 Å². The lowest BCUT2D eigenvalue weighted by Gasteiger charge is -2.32. The molecule has 7 nitrogen and oxygen atoms in total. The number of carbonyl (C=O) groups is 2. The highest BCUT2D eigenvalue weighted by Gasteiger charge is 2.36. The minimum atomic E-state index is -0.332. The Bertz CT molecular complexity index is 1220. The van der Waals surface area contributed by atoms with E-state index < -0.39 is 0 Å². The summed E-state index contributed by atoms with van der Waals surface area (Å²) in [7, 11) is 0. The molecular formula is C31H41ClN4O3. The van der Waals surface area contributed by atoms with Crippen molar-refractivity contribution in [1.29, 1.82) is 0 Å². The summed E-state index contributed by atoms with van der Waals surface area (Å²) in [5, 5.41) is 7.00. The van der Waals surface area contributed by atoms with Gasteiger partial charge in [0.1, 0.15) is 6.54 Å². The zero-order chi connectivity index (χ0) is 28.2. The Labute approximate surface area is 237 Å². The van der Waals surface area contributed by atoms with Gasteiger partial charge >= 0.3 is 0 Å². The second-order valence-corrected chi connectivity index (χ2v) is 12.2. The average molecular weight is 553 g/mol. The van der Waals surface area contributed by atoms with Crippen molar-refractivity contribution in [1.82, 2.24) is 14.8 Å². The largest absolute Gasteiger partial charge is 0.379 e. The van der Waals surface area contributed by atoms with Gasteiger partial charge in [-0.15, -0.1) is 0 Å². The molecule has 2 heterocycles. The first-order chi connectivity index (χ1) is 18.5. The summed E-state index contributed by atoms with van der Waals surface area (Å²) < 4.78 is 5.47. The van der Waals surface area contributed by atoms with Crippen LogP contribution in [0.2, 0.25) is 5.02 Å². The number of ether oxygens (including phenoxy) is 1. The number of carbonyl (C=O) groups excluding carboxylic acids is 2. The standard InChI is InChI=1S/C31H41ClN4O3/c1-22-10-11-24(18-23(22)2)27-19-28(25-8-6-7-9-26(25)32)36(33-27)30(38)21-35(29(37)20-31(3,4)5)13-12-34-14-16-39-17-15-34/h6-11,18,28H,12-17,19-21H2,1-5H3. The number of hydrogen-bond donors (Lipinski definition) is 0. The smallest absolute Gasteiger partial charge is 0.262 e. The molecule has 1 atom stereocenters. The van der Waals surface area contributed by atoms with E-state index in [4.69, 9.17) is 21.4 Å². The van der Waals surface area contributed by atoms with Gasteiger partial charge in [-0.2, -0.15) is 5.10 Å². The van der Waals surface area contributed by atoms with Crippen LogP contribution in [0.4, 0.5) is 0 Å². The van der Waals surface area contributed by atoms with Gasteiger partial charge in [0.25, 0.3) is 5.91 Å². The summed E-state index contributed by atoms with van der Waals surface area (Å²) in [5.74, 6) is -0.223. The van der Waals surface area contributed by atoms with Crippen LogP contribution in [0.25, 0.3) is 0 Å². The molecule has 2 aromatic rings. The van der Waals surface area contributed by atoms with E-state index in [1.165, 1.54) is 11.1 Å².